The Morgan fingerprint density at radius 3 is 1.31 bits per heavy atom. The number of rotatable bonds is 1. The Kier molecular flexibility index (Phi) is 4.78. The second kappa shape index (κ2) is 6.12. The summed E-state index contributed by atoms with van der Waals surface area (Å²) < 4.78 is 0. The normalized spacial score (nSPS) is 9.25. The molecular weight excluding hydrogens is 192 g/mol. The van der Waals surface area contributed by atoms with Crippen LogP contribution in [0.25, 0.3) is 11.1 Å². The second-order valence-electron chi connectivity index (χ2n) is 3.74. The molecule has 0 unspecified atom stereocenters. The molecule has 0 heterocycles. The minimum absolute atomic E-state index is 1.30. The van der Waals surface area contributed by atoms with Crippen LogP contribution >= 0.6 is 0 Å². The Balaban J connectivity index is 0.000000606. The first kappa shape index (κ1) is 12.5. The average Bonchev–Trinajstić information content (AvgIpc) is 2.32. The highest BCUT2D eigenvalue weighted by Gasteiger charge is 1.96. The highest BCUT2D eigenvalue weighted by atomic mass is 14.0. The molecule has 16 heavy (non-hydrogen) atoms. The van der Waals surface area contributed by atoms with E-state index in [1.165, 1.54) is 22.3 Å². The zero-order valence-electron chi connectivity index (χ0n) is 10.6. The fourth-order valence-electron chi connectivity index (χ4n) is 1.65. The third kappa shape index (κ3) is 3.23. The van der Waals surface area contributed by atoms with Crippen LogP contribution in [0.15, 0.2) is 48.5 Å². The van der Waals surface area contributed by atoms with Gasteiger partial charge in [0.15, 0.2) is 0 Å². The number of hydrogen-bond donors (Lipinski definition) is 0. The quantitative estimate of drug-likeness (QED) is 0.624. The summed E-state index contributed by atoms with van der Waals surface area (Å²) in [5.41, 5.74) is 5.22. The van der Waals surface area contributed by atoms with E-state index in [1.807, 2.05) is 13.8 Å². The van der Waals surface area contributed by atoms with Crippen molar-refractivity contribution in [3.8, 4) is 11.1 Å². The molecule has 0 radical (unpaired) electrons. The Labute approximate surface area is 99.0 Å². The molecule has 0 N–H and O–H groups in total. The van der Waals surface area contributed by atoms with Gasteiger partial charge in [0.2, 0.25) is 0 Å². The third-order valence-electron chi connectivity index (χ3n) is 2.37. The van der Waals surface area contributed by atoms with Crippen LogP contribution in [0, 0.1) is 13.8 Å². The van der Waals surface area contributed by atoms with Gasteiger partial charge in [0.1, 0.15) is 0 Å². The zero-order chi connectivity index (χ0) is 12.0. The largest absolute Gasteiger partial charge is 0.0683 e. The maximum atomic E-state index is 2.22. The lowest BCUT2D eigenvalue weighted by molar-refractivity contribution is 1.44. The van der Waals surface area contributed by atoms with Crippen LogP contribution in [0.5, 0.6) is 0 Å². The van der Waals surface area contributed by atoms with Gasteiger partial charge in [-0.05, 0) is 25.0 Å². The lowest BCUT2D eigenvalue weighted by Gasteiger charge is -2.03. The fraction of sp³-hybridized carbons (Fsp3) is 0.250. The molecule has 0 aliphatic carbocycles. The second-order valence-corrected chi connectivity index (χ2v) is 3.74. The van der Waals surface area contributed by atoms with Crippen LogP contribution in [0.2, 0.25) is 0 Å². The molecule has 0 aliphatic heterocycles. The van der Waals surface area contributed by atoms with Gasteiger partial charge in [-0.1, -0.05) is 73.5 Å². The van der Waals surface area contributed by atoms with Gasteiger partial charge >= 0.3 is 0 Å². The van der Waals surface area contributed by atoms with Crippen molar-refractivity contribution in [3.05, 3.63) is 59.7 Å². The smallest absolute Gasteiger partial charge is 0.0181 e. The summed E-state index contributed by atoms with van der Waals surface area (Å²) in [6.45, 7) is 8.25. The van der Waals surface area contributed by atoms with Gasteiger partial charge in [-0.2, -0.15) is 0 Å². The molecule has 0 bridgehead atoms. The Hall–Kier alpha value is -1.56. The van der Waals surface area contributed by atoms with Gasteiger partial charge in [0.25, 0.3) is 0 Å². The highest BCUT2D eigenvalue weighted by Crippen LogP contribution is 2.20. The molecule has 0 spiro atoms. The average molecular weight is 212 g/mol. The molecule has 0 nitrogen and oxygen atoms in total. The van der Waals surface area contributed by atoms with E-state index < -0.39 is 0 Å². The Morgan fingerprint density at radius 1 is 0.625 bits per heavy atom. The molecule has 2 aromatic carbocycles. The summed E-state index contributed by atoms with van der Waals surface area (Å²) in [6, 6.07) is 17.2. The van der Waals surface area contributed by atoms with Gasteiger partial charge in [-0.3, -0.25) is 0 Å². The van der Waals surface area contributed by atoms with E-state index in [-0.39, 0.29) is 0 Å². The highest BCUT2D eigenvalue weighted by molar-refractivity contribution is 5.64. The van der Waals surface area contributed by atoms with Crippen molar-refractivity contribution in [1.82, 2.24) is 0 Å². The number of hydrogen-bond acceptors (Lipinski definition) is 0. The summed E-state index contributed by atoms with van der Waals surface area (Å²) in [5, 5.41) is 0. The standard InChI is InChI=1S/C14H14.C2H6/c1-11-5-3-7-13(9-11)14-8-4-6-12(2)10-14;1-2/h3-10H,1-2H3;1-2H3. The monoisotopic (exact) mass is 212 g/mol. The molecule has 0 aromatic heterocycles. The van der Waals surface area contributed by atoms with Crippen molar-refractivity contribution in [2.75, 3.05) is 0 Å². The Bertz CT molecular complexity index is 398. The fourth-order valence-corrected chi connectivity index (χ4v) is 1.65. The lowest BCUT2D eigenvalue weighted by atomic mass is 10.0. The first-order chi connectivity index (χ1) is 7.75. The first-order valence-electron chi connectivity index (χ1n) is 5.89. The van der Waals surface area contributed by atoms with Crippen LogP contribution < -0.4 is 0 Å². The van der Waals surface area contributed by atoms with Crippen LogP contribution in [-0.4, -0.2) is 0 Å². The molecule has 2 aromatic rings. The summed E-state index contributed by atoms with van der Waals surface area (Å²) in [6.07, 6.45) is 0. The van der Waals surface area contributed by atoms with E-state index in [4.69, 9.17) is 0 Å². The van der Waals surface area contributed by atoms with Crippen molar-refractivity contribution in [2.45, 2.75) is 27.7 Å². The predicted octanol–water partition coefficient (Wildman–Crippen LogP) is 5.00. The maximum Gasteiger partial charge on any atom is -0.0181 e. The maximum absolute atomic E-state index is 2.22. The molecule has 0 saturated carbocycles. The molecule has 0 fully saturated rings. The van der Waals surface area contributed by atoms with E-state index in [0.29, 0.717) is 0 Å². The van der Waals surface area contributed by atoms with E-state index in [2.05, 4.69) is 62.4 Å². The lowest BCUT2D eigenvalue weighted by Crippen LogP contribution is -1.80. The summed E-state index contributed by atoms with van der Waals surface area (Å²) in [7, 11) is 0. The molecule has 0 saturated heterocycles. The molecule has 0 amide bonds. The molecular formula is C16H20. The van der Waals surface area contributed by atoms with Crippen LogP contribution in [0.3, 0.4) is 0 Å². The molecule has 0 atom stereocenters. The van der Waals surface area contributed by atoms with Crippen LogP contribution in [-0.2, 0) is 0 Å². The first-order valence-corrected chi connectivity index (χ1v) is 5.89. The van der Waals surface area contributed by atoms with Crippen molar-refractivity contribution < 1.29 is 0 Å². The third-order valence-corrected chi connectivity index (χ3v) is 2.37. The summed E-state index contributed by atoms with van der Waals surface area (Å²) in [4.78, 5) is 0. The van der Waals surface area contributed by atoms with Gasteiger partial charge < -0.3 is 0 Å². The SMILES string of the molecule is CC.Cc1cccc(-c2cccc(C)c2)c1. The van der Waals surface area contributed by atoms with E-state index in [9.17, 15) is 0 Å². The summed E-state index contributed by atoms with van der Waals surface area (Å²) in [5.74, 6) is 0. The van der Waals surface area contributed by atoms with Crippen LogP contribution in [0.1, 0.15) is 25.0 Å². The number of aryl methyl sites for hydroxylation is 2. The minimum Gasteiger partial charge on any atom is -0.0683 e. The molecule has 0 aliphatic rings. The van der Waals surface area contributed by atoms with Gasteiger partial charge in [0.05, 0.1) is 0 Å². The molecule has 84 valence electrons. The Morgan fingerprint density at radius 2 is 1.00 bits per heavy atom. The van der Waals surface area contributed by atoms with Crippen molar-refractivity contribution >= 4 is 0 Å². The van der Waals surface area contributed by atoms with Gasteiger partial charge in [-0.25, -0.2) is 0 Å². The van der Waals surface area contributed by atoms with Gasteiger partial charge in [0, 0.05) is 0 Å². The molecule has 2 rings (SSSR count). The van der Waals surface area contributed by atoms with E-state index >= 15 is 0 Å². The van der Waals surface area contributed by atoms with E-state index in [1.54, 1.807) is 0 Å². The number of benzene rings is 2. The van der Waals surface area contributed by atoms with Crippen molar-refractivity contribution in [3.63, 3.8) is 0 Å². The summed E-state index contributed by atoms with van der Waals surface area (Å²) >= 11 is 0. The predicted molar refractivity (Wildman–Crippen MR) is 72.7 cm³/mol. The van der Waals surface area contributed by atoms with E-state index in [0.717, 1.165) is 0 Å². The van der Waals surface area contributed by atoms with Gasteiger partial charge in [-0.15, -0.1) is 0 Å². The zero-order valence-corrected chi connectivity index (χ0v) is 10.6. The van der Waals surface area contributed by atoms with Crippen LogP contribution in [0.4, 0.5) is 0 Å². The van der Waals surface area contributed by atoms with Crippen molar-refractivity contribution in [2.24, 2.45) is 0 Å². The van der Waals surface area contributed by atoms with Crippen molar-refractivity contribution in [1.29, 1.82) is 0 Å². The topological polar surface area (TPSA) is 0 Å². The molecule has 0 heteroatoms. The minimum atomic E-state index is 1.30.